The Labute approximate surface area is 194 Å². The molecule has 0 radical (unpaired) electrons. The Kier molecular flexibility index (Phi) is 5.42. The van der Waals surface area contributed by atoms with Crippen molar-refractivity contribution >= 4 is 28.5 Å². The van der Waals surface area contributed by atoms with Crippen LogP contribution in [0.4, 0.5) is 5.82 Å². The molecule has 0 spiro atoms. The minimum Gasteiger partial charge on any atom is -0.367 e. The number of nitrogens with one attached hydrogen (secondary N) is 1. The number of benzene rings is 2. The van der Waals surface area contributed by atoms with E-state index in [9.17, 15) is 0 Å². The van der Waals surface area contributed by atoms with Crippen molar-refractivity contribution in [3.05, 3.63) is 72.1 Å². The summed E-state index contributed by atoms with van der Waals surface area (Å²) in [6, 6.07) is 18.7. The Morgan fingerprint density at radius 2 is 1.75 bits per heavy atom. The van der Waals surface area contributed by atoms with Crippen LogP contribution in [0.2, 0.25) is 5.02 Å². The molecule has 5 rings (SSSR count). The fraction of sp³-hybridized carbons (Fsp3) is 0.333. The minimum absolute atomic E-state index is 0.332. The predicted molar refractivity (Wildman–Crippen MR) is 134 cm³/mol. The molecule has 0 unspecified atom stereocenters. The summed E-state index contributed by atoms with van der Waals surface area (Å²) >= 11 is 6.14. The largest absolute Gasteiger partial charge is 0.367 e. The first-order valence-electron chi connectivity index (χ1n) is 11.3. The second-order valence-corrected chi connectivity index (χ2v) is 10.4. The van der Waals surface area contributed by atoms with Crippen LogP contribution in [-0.4, -0.2) is 20.6 Å². The van der Waals surface area contributed by atoms with Crippen molar-refractivity contribution < 1.29 is 0 Å². The van der Waals surface area contributed by atoms with Gasteiger partial charge in [-0.2, -0.15) is 0 Å². The standard InChI is InChI=1S/C27H29ClN4/c1-18-13-21(15-27(2,3)14-18)31-25-24-23(19-7-5-4-6-8-19)16-32(26(24)30-17-29-25)22-11-9-20(28)10-12-22/h4-12,16-18,21H,13-15H2,1-3H3,(H,29,30,31)/t18-,21-/m1/s1. The molecule has 1 fully saturated rings. The molecule has 4 aromatic rings. The Hall–Kier alpha value is -2.85. The fourth-order valence-corrected chi connectivity index (χ4v) is 5.58. The molecule has 0 bridgehead atoms. The first kappa shape index (κ1) is 21.0. The lowest BCUT2D eigenvalue weighted by Crippen LogP contribution is -2.35. The van der Waals surface area contributed by atoms with Crippen LogP contribution >= 0.6 is 11.6 Å². The maximum atomic E-state index is 6.14. The molecule has 164 valence electrons. The van der Waals surface area contributed by atoms with E-state index in [0.29, 0.717) is 17.4 Å². The van der Waals surface area contributed by atoms with Crippen LogP contribution in [-0.2, 0) is 0 Å². The first-order valence-corrected chi connectivity index (χ1v) is 11.7. The number of hydrogen-bond donors (Lipinski definition) is 1. The van der Waals surface area contributed by atoms with Crippen LogP contribution in [0.1, 0.15) is 40.0 Å². The summed E-state index contributed by atoms with van der Waals surface area (Å²) in [5, 5.41) is 5.59. The Morgan fingerprint density at radius 3 is 2.47 bits per heavy atom. The van der Waals surface area contributed by atoms with Crippen LogP contribution in [0.25, 0.3) is 27.8 Å². The van der Waals surface area contributed by atoms with Crippen LogP contribution in [0.15, 0.2) is 67.1 Å². The van der Waals surface area contributed by atoms with Gasteiger partial charge in [0.05, 0.1) is 5.39 Å². The zero-order valence-corrected chi connectivity index (χ0v) is 19.6. The van der Waals surface area contributed by atoms with Crippen molar-refractivity contribution in [3.63, 3.8) is 0 Å². The Bertz CT molecular complexity index is 1230. The maximum Gasteiger partial charge on any atom is 0.150 e. The second-order valence-electron chi connectivity index (χ2n) is 9.93. The van der Waals surface area contributed by atoms with Crippen molar-refractivity contribution in [2.45, 2.75) is 46.1 Å². The van der Waals surface area contributed by atoms with E-state index in [0.717, 1.165) is 51.5 Å². The number of anilines is 1. The highest BCUT2D eigenvalue weighted by molar-refractivity contribution is 6.30. The van der Waals surface area contributed by atoms with Crippen LogP contribution < -0.4 is 5.32 Å². The van der Waals surface area contributed by atoms with Gasteiger partial charge in [0.1, 0.15) is 12.1 Å². The average Bonchev–Trinajstić information content (AvgIpc) is 3.14. The van der Waals surface area contributed by atoms with E-state index in [1.807, 2.05) is 30.3 Å². The molecule has 2 aromatic heterocycles. The zero-order valence-electron chi connectivity index (χ0n) is 18.8. The molecule has 0 saturated heterocycles. The molecule has 2 aromatic carbocycles. The lowest BCUT2D eigenvalue weighted by Gasteiger charge is -2.39. The molecule has 1 saturated carbocycles. The minimum atomic E-state index is 0.332. The van der Waals surface area contributed by atoms with Gasteiger partial charge in [-0.1, -0.05) is 62.7 Å². The molecule has 1 N–H and O–H groups in total. The van der Waals surface area contributed by atoms with Gasteiger partial charge in [0.15, 0.2) is 5.65 Å². The summed E-state index contributed by atoms with van der Waals surface area (Å²) in [5.74, 6) is 1.61. The molecule has 2 heterocycles. The topological polar surface area (TPSA) is 42.7 Å². The lowest BCUT2D eigenvalue weighted by atomic mass is 9.70. The summed E-state index contributed by atoms with van der Waals surface area (Å²) in [6.07, 6.45) is 7.40. The van der Waals surface area contributed by atoms with E-state index < -0.39 is 0 Å². The molecule has 4 nitrogen and oxygen atoms in total. The molecular weight excluding hydrogens is 416 g/mol. The van der Waals surface area contributed by atoms with Gasteiger partial charge in [0.2, 0.25) is 0 Å². The van der Waals surface area contributed by atoms with E-state index in [4.69, 9.17) is 21.6 Å². The number of fused-ring (bicyclic) bond motifs is 1. The fourth-order valence-electron chi connectivity index (χ4n) is 5.46. The number of nitrogens with zero attached hydrogens (tertiary/aromatic N) is 3. The number of halogens is 1. The highest BCUT2D eigenvalue weighted by Crippen LogP contribution is 2.41. The highest BCUT2D eigenvalue weighted by atomic mass is 35.5. The monoisotopic (exact) mass is 444 g/mol. The van der Waals surface area contributed by atoms with Gasteiger partial charge < -0.3 is 9.88 Å². The van der Waals surface area contributed by atoms with Gasteiger partial charge in [-0.25, -0.2) is 9.97 Å². The SMILES string of the molecule is C[C@@H]1C[C@@H](Nc2ncnc3c2c(-c2ccccc2)cn3-c2ccc(Cl)cc2)CC(C)(C)C1. The number of rotatable bonds is 4. The van der Waals surface area contributed by atoms with Crippen molar-refractivity contribution in [1.29, 1.82) is 0 Å². The van der Waals surface area contributed by atoms with Crippen molar-refractivity contribution in [1.82, 2.24) is 14.5 Å². The van der Waals surface area contributed by atoms with E-state index in [1.54, 1.807) is 6.33 Å². The summed E-state index contributed by atoms with van der Waals surface area (Å²) in [6.45, 7) is 7.11. The molecule has 2 atom stereocenters. The number of aromatic nitrogens is 3. The first-order chi connectivity index (χ1) is 15.4. The Morgan fingerprint density at radius 1 is 1.00 bits per heavy atom. The lowest BCUT2D eigenvalue weighted by molar-refractivity contribution is 0.178. The summed E-state index contributed by atoms with van der Waals surface area (Å²) < 4.78 is 2.13. The van der Waals surface area contributed by atoms with Gasteiger partial charge in [-0.3, -0.25) is 0 Å². The summed E-state index contributed by atoms with van der Waals surface area (Å²) in [4.78, 5) is 9.43. The van der Waals surface area contributed by atoms with E-state index >= 15 is 0 Å². The molecule has 5 heteroatoms. The van der Waals surface area contributed by atoms with E-state index in [1.165, 1.54) is 6.42 Å². The highest BCUT2D eigenvalue weighted by Gasteiger charge is 2.32. The molecule has 0 aliphatic heterocycles. The molecule has 0 amide bonds. The average molecular weight is 445 g/mol. The van der Waals surface area contributed by atoms with Crippen LogP contribution in [0, 0.1) is 11.3 Å². The smallest absolute Gasteiger partial charge is 0.150 e. The Balaban J connectivity index is 1.65. The van der Waals surface area contributed by atoms with E-state index in [-0.39, 0.29) is 0 Å². The molecule has 32 heavy (non-hydrogen) atoms. The van der Waals surface area contributed by atoms with Gasteiger partial charge in [-0.15, -0.1) is 0 Å². The van der Waals surface area contributed by atoms with E-state index in [2.05, 4.69) is 61.1 Å². The molecule has 1 aliphatic rings. The van der Waals surface area contributed by atoms with Gasteiger partial charge >= 0.3 is 0 Å². The van der Waals surface area contributed by atoms with Gasteiger partial charge in [0, 0.05) is 28.5 Å². The molecular formula is C27H29ClN4. The predicted octanol–water partition coefficient (Wildman–Crippen LogP) is 7.37. The quantitative estimate of drug-likeness (QED) is 0.357. The summed E-state index contributed by atoms with van der Waals surface area (Å²) in [7, 11) is 0. The third-order valence-electron chi connectivity index (χ3n) is 6.50. The van der Waals surface area contributed by atoms with Gasteiger partial charge in [-0.05, 0) is 60.4 Å². The number of hydrogen-bond acceptors (Lipinski definition) is 3. The van der Waals surface area contributed by atoms with Crippen LogP contribution in [0.3, 0.4) is 0 Å². The third kappa shape index (κ3) is 4.12. The normalized spacial score (nSPS) is 20.4. The van der Waals surface area contributed by atoms with Crippen molar-refractivity contribution in [2.75, 3.05) is 5.32 Å². The summed E-state index contributed by atoms with van der Waals surface area (Å²) in [5.41, 5.74) is 4.53. The third-order valence-corrected chi connectivity index (χ3v) is 6.75. The van der Waals surface area contributed by atoms with Crippen LogP contribution in [0.5, 0.6) is 0 Å². The van der Waals surface area contributed by atoms with Gasteiger partial charge in [0.25, 0.3) is 0 Å². The van der Waals surface area contributed by atoms with Crippen molar-refractivity contribution in [3.8, 4) is 16.8 Å². The second kappa shape index (κ2) is 8.25. The zero-order chi connectivity index (χ0) is 22.3. The maximum absolute atomic E-state index is 6.14. The van der Waals surface area contributed by atoms with Crippen molar-refractivity contribution in [2.24, 2.45) is 11.3 Å². The molecule has 1 aliphatic carbocycles.